The molecular formula is C15H31N3O. The first-order valence-electron chi connectivity index (χ1n) is 7.84. The summed E-state index contributed by atoms with van der Waals surface area (Å²) in [6, 6.07) is 0.638. The van der Waals surface area contributed by atoms with Crippen molar-refractivity contribution in [3.8, 4) is 0 Å². The van der Waals surface area contributed by atoms with E-state index >= 15 is 0 Å². The maximum atomic E-state index is 10.2. The minimum absolute atomic E-state index is 0.414. The van der Waals surface area contributed by atoms with Crippen molar-refractivity contribution in [2.75, 3.05) is 40.3 Å². The highest BCUT2D eigenvalue weighted by atomic mass is 16.3. The van der Waals surface area contributed by atoms with Crippen molar-refractivity contribution in [2.45, 2.75) is 50.2 Å². The Hall–Kier alpha value is -0.160. The van der Waals surface area contributed by atoms with E-state index in [1.165, 1.54) is 32.5 Å². The highest BCUT2D eigenvalue weighted by Gasteiger charge is 2.33. The zero-order valence-corrected chi connectivity index (χ0v) is 12.6. The maximum absolute atomic E-state index is 10.2. The molecule has 0 amide bonds. The monoisotopic (exact) mass is 269 g/mol. The molecule has 2 fully saturated rings. The van der Waals surface area contributed by atoms with Gasteiger partial charge in [-0.05, 0) is 65.1 Å². The van der Waals surface area contributed by atoms with Gasteiger partial charge in [-0.1, -0.05) is 0 Å². The molecule has 0 bridgehead atoms. The Morgan fingerprint density at radius 3 is 2.58 bits per heavy atom. The molecule has 0 aromatic rings. The molecule has 1 atom stereocenters. The molecule has 0 aromatic carbocycles. The van der Waals surface area contributed by atoms with Gasteiger partial charge < -0.3 is 20.6 Å². The van der Waals surface area contributed by atoms with Crippen molar-refractivity contribution in [1.29, 1.82) is 0 Å². The third-order valence-electron chi connectivity index (χ3n) is 5.16. The van der Waals surface area contributed by atoms with E-state index in [0.29, 0.717) is 12.6 Å². The lowest BCUT2D eigenvalue weighted by molar-refractivity contribution is -0.0124. The average molecular weight is 269 g/mol. The molecule has 0 aromatic heterocycles. The second-order valence-corrected chi connectivity index (χ2v) is 6.87. The zero-order chi connectivity index (χ0) is 13.9. The third kappa shape index (κ3) is 4.15. The molecule has 0 spiro atoms. The van der Waals surface area contributed by atoms with E-state index in [4.69, 9.17) is 5.73 Å². The van der Waals surface area contributed by atoms with Gasteiger partial charge in [0.25, 0.3) is 0 Å². The molecule has 1 aliphatic heterocycles. The predicted octanol–water partition coefficient (Wildman–Crippen LogP) is 0.892. The summed E-state index contributed by atoms with van der Waals surface area (Å²) in [7, 11) is 4.49. The molecule has 4 heteroatoms. The molecule has 3 N–H and O–H groups in total. The number of likely N-dealkylation sites (tertiary alicyclic amines) is 1. The maximum Gasteiger partial charge on any atom is 0.0770 e. The van der Waals surface area contributed by atoms with Gasteiger partial charge in [-0.15, -0.1) is 0 Å². The Bertz CT molecular complexity index is 277. The van der Waals surface area contributed by atoms with Crippen LogP contribution >= 0.6 is 0 Å². The number of nitrogens with zero attached hydrogens (tertiary/aromatic N) is 2. The summed E-state index contributed by atoms with van der Waals surface area (Å²) < 4.78 is 0. The van der Waals surface area contributed by atoms with Crippen LogP contribution in [0.4, 0.5) is 0 Å². The fourth-order valence-corrected chi connectivity index (χ4v) is 3.76. The quantitative estimate of drug-likeness (QED) is 0.796. The third-order valence-corrected chi connectivity index (χ3v) is 5.16. The van der Waals surface area contributed by atoms with E-state index in [9.17, 15) is 5.11 Å². The molecule has 1 heterocycles. The lowest BCUT2D eigenvalue weighted by Crippen LogP contribution is -2.48. The van der Waals surface area contributed by atoms with Gasteiger partial charge in [-0.3, -0.25) is 0 Å². The first kappa shape index (κ1) is 15.2. The summed E-state index contributed by atoms with van der Waals surface area (Å²) in [4.78, 5) is 4.98. The number of piperidine rings is 1. The first-order valence-corrected chi connectivity index (χ1v) is 7.84. The molecular weight excluding hydrogens is 238 g/mol. The standard InChI is InChI=1S/C15H31N3O/c1-17-9-3-4-13(10-17)11-18(2)14-5-7-15(19,12-16)8-6-14/h13-14,19H,3-12,16H2,1-2H3. The van der Waals surface area contributed by atoms with Crippen molar-refractivity contribution in [2.24, 2.45) is 11.7 Å². The summed E-state index contributed by atoms with van der Waals surface area (Å²) >= 11 is 0. The Morgan fingerprint density at radius 2 is 2.00 bits per heavy atom. The van der Waals surface area contributed by atoms with Crippen LogP contribution < -0.4 is 5.73 Å². The van der Waals surface area contributed by atoms with Gasteiger partial charge in [0.05, 0.1) is 5.60 Å². The fraction of sp³-hybridized carbons (Fsp3) is 1.00. The van der Waals surface area contributed by atoms with E-state index in [1.54, 1.807) is 0 Å². The molecule has 19 heavy (non-hydrogen) atoms. The van der Waals surface area contributed by atoms with E-state index in [-0.39, 0.29) is 0 Å². The van der Waals surface area contributed by atoms with Gasteiger partial charge in [0.1, 0.15) is 0 Å². The Morgan fingerprint density at radius 1 is 1.32 bits per heavy atom. The van der Waals surface area contributed by atoms with E-state index in [1.807, 2.05) is 0 Å². The van der Waals surface area contributed by atoms with Crippen molar-refractivity contribution >= 4 is 0 Å². The van der Waals surface area contributed by atoms with Crippen molar-refractivity contribution in [3.05, 3.63) is 0 Å². The molecule has 1 unspecified atom stereocenters. The normalized spacial score (nSPS) is 37.7. The number of rotatable bonds is 4. The highest BCUT2D eigenvalue weighted by molar-refractivity contribution is 4.89. The van der Waals surface area contributed by atoms with E-state index in [2.05, 4.69) is 23.9 Å². The van der Waals surface area contributed by atoms with Crippen LogP contribution in [0.25, 0.3) is 0 Å². The van der Waals surface area contributed by atoms with Gasteiger partial charge in [0, 0.05) is 25.7 Å². The van der Waals surface area contributed by atoms with Crippen molar-refractivity contribution in [3.63, 3.8) is 0 Å². The lowest BCUT2D eigenvalue weighted by atomic mass is 9.81. The lowest BCUT2D eigenvalue weighted by Gasteiger charge is -2.41. The van der Waals surface area contributed by atoms with Gasteiger partial charge >= 0.3 is 0 Å². The smallest absolute Gasteiger partial charge is 0.0770 e. The van der Waals surface area contributed by atoms with E-state index < -0.39 is 5.60 Å². The number of hydrogen-bond acceptors (Lipinski definition) is 4. The van der Waals surface area contributed by atoms with Crippen LogP contribution in [0.3, 0.4) is 0 Å². The van der Waals surface area contributed by atoms with Crippen LogP contribution in [0, 0.1) is 5.92 Å². The minimum atomic E-state index is -0.581. The molecule has 2 rings (SSSR count). The summed E-state index contributed by atoms with van der Waals surface area (Å²) in [5.74, 6) is 0.819. The van der Waals surface area contributed by atoms with Crippen molar-refractivity contribution < 1.29 is 5.11 Å². The molecule has 1 aliphatic carbocycles. The predicted molar refractivity (Wildman–Crippen MR) is 79.1 cm³/mol. The summed E-state index contributed by atoms with van der Waals surface area (Å²) in [5.41, 5.74) is 5.07. The fourth-order valence-electron chi connectivity index (χ4n) is 3.76. The number of aliphatic hydroxyl groups is 1. The Balaban J connectivity index is 1.76. The van der Waals surface area contributed by atoms with Crippen LogP contribution in [0.5, 0.6) is 0 Å². The van der Waals surface area contributed by atoms with Crippen LogP contribution in [0.15, 0.2) is 0 Å². The SMILES string of the molecule is CN1CCCC(CN(C)C2CCC(O)(CN)CC2)C1. The Labute approximate surface area is 117 Å². The number of nitrogens with two attached hydrogens (primary N) is 1. The van der Waals surface area contributed by atoms with Gasteiger partial charge in [0.2, 0.25) is 0 Å². The summed E-state index contributed by atoms with van der Waals surface area (Å²) in [6.07, 6.45) is 6.62. The van der Waals surface area contributed by atoms with Crippen LogP contribution in [0.1, 0.15) is 38.5 Å². The summed E-state index contributed by atoms with van der Waals surface area (Å²) in [5, 5.41) is 10.2. The molecule has 1 saturated heterocycles. The minimum Gasteiger partial charge on any atom is -0.389 e. The average Bonchev–Trinajstić information content (AvgIpc) is 2.39. The summed E-state index contributed by atoms with van der Waals surface area (Å²) in [6.45, 7) is 4.11. The second kappa shape index (κ2) is 6.53. The molecule has 1 saturated carbocycles. The van der Waals surface area contributed by atoms with Gasteiger partial charge in [-0.25, -0.2) is 0 Å². The largest absolute Gasteiger partial charge is 0.389 e. The number of hydrogen-bond donors (Lipinski definition) is 2. The van der Waals surface area contributed by atoms with Gasteiger partial charge in [0.15, 0.2) is 0 Å². The van der Waals surface area contributed by atoms with Gasteiger partial charge in [-0.2, -0.15) is 0 Å². The zero-order valence-electron chi connectivity index (χ0n) is 12.6. The van der Waals surface area contributed by atoms with Crippen LogP contribution in [-0.2, 0) is 0 Å². The van der Waals surface area contributed by atoms with Crippen LogP contribution in [-0.4, -0.2) is 66.8 Å². The second-order valence-electron chi connectivity index (χ2n) is 6.87. The topological polar surface area (TPSA) is 52.7 Å². The first-order chi connectivity index (χ1) is 9.02. The molecule has 4 nitrogen and oxygen atoms in total. The Kier molecular flexibility index (Phi) is 5.23. The highest BCUT2D eigenvalue weighted by Crippen LogP contribution is 2.30. The van der Waals surface area contributed by atoms with Crippen molar-refractivity contribution in [1.82, 2.24) is 9.80 Å². The molecule has 2 aliphatic rings. The van der Waals surface area contributed by atoms with E-state index in [0.717, 1.165) is 31.6 Å². The van der Waals surface area contributed by atoms with Crippen LogP contribution in [0.2, 0.25) is 0 Å². The molecule has 0 radical (unpaired) electrons. The molecule has 112 valence electrons.